The summed E-state index contributed by atoms with van der Waals surface area (Å²) in [6, 6.07) is 28.3. The molecule has 7 heteroatoms. The van der Waals surface area contributed by atoms with E-state index in [1.807, 2.05) is 60.7 Å². The third-order valence-corrected chi connectivity index (χ3v) is 11.7. The van der Waals surface area contributed by atoms with Crippen LogP contribution in [0.5, 0.6) is 0 Å². The molecule has 0 spiro atoms. The Morgan fingerprint density at radius 1 is 0.737 bits per heavy atom. The number of fused-ring (bicyclic) bond motifs is 9. The second-order valence-corrected chi connectivity index (χ2v) is 13.0. The third-order valence-electron chi connectivity index (χ3n) is 9.12. The van der Waals surface area contributed by atoms with E-state index in [-0.39, 0.29) is 57.4 Å². The molecule has 8 rings (SSSR count). The molecule has 2 aliphatic heterocycles. The first-order valence-corrected chi connectivity index (χ1v) is 14.8. The van der Waals surface area contributed by atoms with Crippen molar-refractivity contribution < 1.29 is 9.59 Å². The predicted octanol–water partition coefficient (Wildman–Crippen LogP) is 5.78. The van der Waals surface area contributed by atoms with Gasteiger partial charge in [0.15, 0.2) is 0 Å². The molecule has 2 saturated carbocycles. The molecule has 1 saturated heterocycles. The molecule has 1 N–H and O–H groups in total. The summed E-state index contributed by atoms with van der Waals surface area (Å²) in [5.41, 5.74) is 4.01. The summed E-state index contributed by atoms with van der Waals surface area (Å²) in [5, 5.41) is 1.16. The van der Waals surface area contributed by atoms with Crippen LogP contribution in [0.4, 0.5) is 5.69 Å². The minimum atomic E-state index is -0.286. The van der Waals surface area contributed by atoms with Crippen LogP contribution in [0.15, 0.2) is 94.7 Å². The van der Waals surface area contributed by atoms with Gasteiger partial charge in [0.1, 0.15) is 0 Å². The molecule has 1 aromatic heterocycles. The van der Waals surface area contributed by atoms with Crippen LogP contribution in [0.2, 0.25) is 0 Å². The molecular formula is C31H24N2O3S2. The number of carbonyl (C=O) groups excluding carboxylic acids is 2. The fourth-order valence-electron chi connectivity index (χ4n) is 7.74. The first kappa shape index (κ1) is 22.6. The van der Waals surface area contributed by atoms with Gasteiger partial charge in [-0.1, -0.05) is 84.1 Å². The second kappa shape index (κ2) is 8.29. The molecule has 3 fully saturated rings. The van der Waals surface area contributed by atoms with E-state index in [1.54, 1.807) is 11.8 Å². The summed E-state index contributed by atoms with van der Waals surface area (Å²) < 4.78 is 0. The highest BCUT2D eigenvalue weighted by molar-refractivity contribution is 8.00. The molecule has 0 radical (unpaired) electrons. The van der Waals surface area contributed by atoms with E-state index in [4.69, 9.17) is 0 Å². The molecule has 3 heterocycles. The van der Waals surface area contributed by atoms with E-state index in [0.717, 1.165) is 27.5 Å². The molecule has 0 unspecified atom stereocenters. The lowest BCUT2D eigenvalue weighted by Gasteiger charge is -2.43. The molecule has 4 aliphatic rings. The Kier molecular flexibility index (Phi) is 4.92. The van der Waals surface area contributed by atoms with Crippen molar-refractivity contribution in [3.05, 3.63) is 105 Å². The number of hydrogen-bond donors (Lipinski definition) is 1. The normalized spacial score (nSPS) is 30.8. The van der Waals surface area contributed by atoms with Crippen molar-refractivity contribution in [1.82, 2.24) is 4.98 Å². The van der Waals surface area contributed by atoms with Crippen molar-refractivity contribution in [3.63, 3.8) is 0 Å². The zero-order valence-corrected chi connectivity index (χ0v) is 22.0. The number of nitrogens with one attached hydrogen (secondary N) is 1. The second-order valence-electron chi connectivity index (χ2n) is 10.8. The average molecular weight is 537 g/mol. The minimum absolute atomic E-state index is 0.0341. The number of anilines is 1. The van der Waals surface area contributed by atoms with Gasteiger partial charge in [0.2, 0.25) is 11.8 Å². The summed E-state index contributed by atoms with van der Waals surface area (Å²) >= 11 is 3.03. The molecular weight excluding hydrogens is 512 g/mol. The molecule has 5 nitrogen and oxygen atoms in total. The Bertz CT molecular complexity index is 1630. The van der Waals surface area contributed by atoms with Crippen LogP contribution in [0.25, 0.3) is 11.1 Å². The highest BCUT2D eigenvalue weighted by atomic mass is 32.2. The molecule has 38 heavy (non-hydrogen) atoms. The largest absolute Gasteiger partial charge is 0.307 e. The number of imide groups is 1. The van der Waals surface area contributed by atoms with Crippen molar-refractivity contribution in [2.24, 2.45) is 29.6 Å². The van der Waals surface area contributed by atoms with Crippen molar-refractivity contribution in [2.45, 2.75) is 22.6 Å². The van der Waals surface area contributed by atoms with Crippen LogP contribution < -0.4 is 9.77 Å². The first-order valence-electron chi connectivity index (χ1n) is 13.1. The fourth-order valence-corrected chi connectivity index (χ4v) is 10.6. The Morgan fingerprint density at radius 3 is 2.08 bits per heavy atom. The number of aromatic amines is 1. The van der Waals surface area contributed by atoms with Crippen LogP contribution in [0.1, 0.15) is 22.8 Å². The number of benzene rings is 3. The van der Waals surface area contributed by atoms with E-state index >= 15 is 0 Å². The van der Waals surface area contributed by atoms with Gasteiger partial charge >= 0.3 is 4.87 Å². The van der Waals surface area contributed by atoms with E-state index in [9.17, 15) is 14.4 Å². The molecule has 2 aliphatic carbocycles. The quantitative estimate of drug-likeness (QED) is 0.337. The lowest BCUT2D eigenvalue weighted by Crippen LogP contribution is -2.42. The number of aromatic nitrogens is 1. The van der Waals surface area contributed by atoms with Crippen LogP contribution in [-0.2, 0) is 9.59 Å². The number of hydrogen-bond acceptors (Lipinski definition) is 5. The van der Waals surface area contributed by atoms with Gasteiger partial charge in [-0.15, -0.1) is 11.8 Å². The lowest BCUT2D eigenvalue weighted by molar-refractivity contribution is -0.123. The predicted molar refractivity (Wildman–Crippen MR) is 149 cm³/mol. The summed E-state index contributed by atoms with van der Waals surface area (Å²) in [7, 11) is 0. The fraction of sp³-hybridized carbons (Fsp3) is 0.258. The van der Waals surface area contributed by atoms with E-state index in [2.05, 4.69) is 29.2 Å². The molecule has 4 aromatic rings. The van der Waals surface area contributed by atoms with Crippen LogP contribution in [-0.4, -0.2) is 22.0 Å². The van der Waals surface area contributed by atoms with Gasteiger partial charge in [0.25, 0.3) is 0 Å². The molecule has 2 amide bonds. The van der Waals surface area contributed by atoms with Gasteiger partial charge in [0.05, 0.1) is 22.5 Å². The SMILES string of the molecule is O=C1[C@@H]2[C@H]3C[C@H]([C@@H]4Sc5[nH]c(=O)sc5[C@@H](c5ccccc5)[C@H]34)[C@@H]2C(=O)N1c1ccc(-c2ccccc2)cc1. The molecule has 2 bridgehead atoms. The van der Waals surface area contributed by atoms with Gasteiger partial charge in [0, 0.05) is 16.0 Å². The van der Waals surface area contributed by atoms with E-state index in [1.165, 1.54) is 21.8 Å². The number of H-pyrrole nitrogens is 1. The minimum Gasteiger partial charge on any atom is -0.307 e. The molecule has 7 atom stereocenters. The maximum absolute atomic E-state index is 14.0. The Balaban J connectivity index is 1.16. The summed E-state index contributed by atoms with van der Waals surface area (Å²) in [5.74, 6) is -0.117. The summed E-state index contributed by atoms with van der Waals surface area (Å²) in [6.45, 7) is 0. The third kappa shape index (κ3) is 3.09. The lowest BCUT2D eigenvalue weighted by atomic mass is 9.68. The van der Waals surface area contributed by atoms with Crippen molar-refractivity contribution in [1.29, 1.82) is 0 Å². The van der Waals surface area contributed by atoms with Crippen molar-refractivity contribution in [3.8, 4) is 11.1 Å². The van der Waals surface area contributed by atoms with Crippen molar-refractivity contribution in [2.75, 3.05) is 4.90 Å². The van der Waals surface area contributed by atoms with Crippen LogP contribution in [0, 0.1) is 29.6 Å². The van der Waals surface area contributed by atoms with Gasteiger partial charge in [-0.2, -0.15) is 0 Å². The Morgan fingerprint density at radius 2 is 1.37 bits per heavy atom. The Hall–Kier alpha value is -3.42. The first-order chi connectivity index (χ1) is 18.6. The number of carbonyl (C=O) groups is 2. The maximum Gasteiger partial charge on any atom is 0.305 e. The maximum atomic E-state index is 14.0. The summed E-state index contributed by atoms with van der Waals surface area (Å²) in [4.78, 5) is 45.8. The van der Waals surface area contributed by atoms with Crippen LogP contribution >= 0.6 is 23.1 Å². The van der Waals surface area contributed by atoms with Gasteiger partial charge in [-0.05, 0) is 53.0 Å². The molecule has 188 valence electrons. The number of thiazole rings is 1. The average Bonchev–Trinajstić information content (AvgIpc) is 3.68. The van der Waals surface area contributed by atoms with Crippen LogP contribution in [0.3, 0.4) is 0 Å². The molecule has 3 aromatic carbocycles. The zero-order chi connectivity index (χ0) is 25.5. The highest BCUT2D eigenvalue weighted by Crippen LogP contribution is 2.68. The van der Waals surface area contributed by atoms with Crippen molar-refractivity contribution >= 4 is 40.6 Å². The van der Waals surface area contributed by atoms with Gasteiger partial charge in [-0.25, -0.2) is 0 Å². The summed E-state index contributed by atoms with van der Waals surface area (Å²) in [6.07, 6.45) is 0.901. The standard InChI is InChI=1S/C31H24N2O3S2/c34-29-24-20-15-21(25(24)30(35)33(29)19-13-11-17(12-14-19)16-7-3-1-4-8-16)26-23(20)22(18-9-5-2-6-10-18)27-28(37-26)32-31(36)38-27/h1-14,20-26H,15H2,(H,32,36)/t20-,21-,22-,23-,24+,25-,26-/m0/s1. The number of thioether (sulfide) groups is 1. The number of nitrogens with zero attached hydrogens (tertiary/aromatic N) is 1. The van der Waals surface area contributed by atoms with Gasteiger partial charge < -0.3 is 4.98 Å². The monoisotopic (exact) mass is 536 g/mol. The Labute approximate surface area is 227 Å². The number of amides is 2. The topological polar surface area (TPSA) is 70.2 Å². The van der Waals surface area contributed by atoms with Gasteiger partial charge in [-0.3, -0.25) is 19.3 Å². The zero-order valence-electron chi connectivity index (χ0n) is 20.3. The number of rotatable bonds is 3. The van der Waals surface area contributed by atoms with E-state index in [0.29, 0.717) is 5.69 Å². The smallest absolute Gasteiger partial charge is 0.305 e. The highest BCUT2D eigenvalue weighted by Gasteiger charge is 2.69. The van der Waals surface area contributed by atoms with E-state index < -0.39 is 0 Å².